The summed E-state index contributed by atoms with van der Waals surface area (Å²) in [7, 11) is -3.51. The van der Waals surface area contributed by atoms with E-state index in [4.69, 9.17) is 10.9 Å². The van der Waals surface area contributed by atoms with Crippen molar-refractivity contribution in [2.75, 3.05) is 5.73 Å². The molecule has 1 unspecified atom stereocenters. The average Bonchev–Trinajstić information content (AvgIpc) is 2.16. The van der Waals surface area contributed by atoms with Crippen LogP contribution in [0.2, 0.25) is 0 Å². The fraction of sp³-hybridized carbons (Fsp3) is 0.400. The van der Waals surface area contributed by atoms with Crippen LogP contribution in [0, 0.1) is 0 Å². The zero-order valence-electron chi connectivity index (χ0n) is 8.31. The largest absolute Gasteiger partial charge is 0.398 e. The van der Waals surface area contributed by atoms with E-state index in [0.29, 0.717) is 12.1 Å². The molecule has 1 atom stereocenters. The van der Waals surface area contributed by atoms with Gasteiger partial charge in [0.05, 0.1) is 0 Å². The summed E-state index contributed by atoms with van der Waals surface area (Å²) in [5.41, 5.74) is 8.21. The molecular formula is C10H14N2O2S. The number of fused-ring (bicyclic) bond motifs is 1. The molecule has 0 amide bonds. The Kier molecular flexibility index (Phi) is 2.44. The van der Waals surface area contributed by atoms with Crippen LogP contribution >= 0.6 is 0 Å². The molecule has 1 aromatic carbocycles. The molecule has 0 aromatic heterocycles. The van der Waals surface area contributed by atoms with Gasteiger partial charge in [-0.25, -0.2) is 13.6 Å². The van der Waals surface area contributed by atoms with Crippen LogP contribution in [0.5, 0.6) is 0 Å². The first-order chi connectivity index (χ1) is 7.00. The van der Waals surface area contributed by atoms with Gasteiger partial charge in [-0.2, -0.15) is 0 Å². The van der Waals surface area contributed by atoms with Gasteiger partial charge in [-0.15, -0.1) is 0 Å². The van der Waals surface area contributed by atoms with E-state index in [9.17, 15) is 8.42 Å². The first kappa shape index (κ1) is 10.4. The van der Waals surface area contributed by atoms with Crippen molar-refractivity contribution >= 4 is 15.7 Å². The fourth-order valence-corrected chi connectivity index (χ4v) is 3.24. The molecule has 0 spiro atoms. The Hall–Kier alpha value is -1.07. The van der Waals surface area contributed by atoms with Crippen molar-refractivity contribution in [3.05, 3.63) is 29.3 Å². The predicted octanol–water partition coefficient (Wildman–Crippen LogP) is 0.935. The summed E-state index contributed by atoms with van der Waals surface area (Å²) in [4.78, 5) is 0. The second-order valence-electron chi connectivity index (χ2n) is 3.88. The average molecular weight is 226 g/mol. The summed E-state index contributed by atoms with van der Waals surface area (Å²) < 4.78 is 22.8. The summed E-state index contributed by atoms with van der Waals surface area (Å²) in [6.07, 6.45) is 2.26. The maximum atomic E-state index is 11.4. The Balaban J connectivity index is 2.57. The van der Waals surface area contributed by atoms with Crippen LogP contribution in [0.3, 0.4) is 0 Å². The minimum Gasteiger partial charge on any atom is -0.398 e. The van der Waals surface area contributed by atoms with Crippen molar-refractivity contribution in [3.63, 3.8) is 0 Å². The summed E-state index contributed by atoms with van der Waals surface area (Å²) >= 11 is 0. The van der Waals surface area contributed by atoms with Gasteiger partial charge in [0.25, 0.3) is 0 Å². The van der Waals surface area contributed by atoms with Crippen LogP contribution in [0.4, 0.5) is 5.69 Å². The highest BCUT2D eigenvalue weighted by Gasteiger charge is 2.29. The van der Waals surface area contributed by atoms with Gasteiger partial charge in [0.1, 0.15) is 5.25 Å². The van der Waals surface area contributed by atoms with Crippen molar-refractivity contribution in [3.8, 4) is 0 Å². The second-order valence-corrected chi connectivity index (χ2v) is 5.63. The van der Waals surface area contributed by atoms with Crippen molar-refractivity contribution in [1.82, 2.24) is 0 Å². The molecule has 0 radical (unpaired) electrons. The van der Waals surface area contributed by atoms with Gasteiger partial charge in [0, 0.05) is 5.69 Å². The second kappa shape index (κ2) is 3.50. The summed E-state index contributed by atoms with van der Waals surface area (Å²) in [6, 6.07) is 5.38. The molecule has 0 heterocycles. The van der Waals surface area contributed by atoms with Crippen LogP contribution in [-0.4, -0.2) is 8.42 Å². The minimum absolute atomic E-state index is 0.579. The first-order valence-corrected chi connectivity index (χ1v) is 6.50. The molecule has 0 saturated heterocycles. The Morgan fingerprint density at radius 2 is 2.07 bits per heavy atom. The van der Waals surface area contributed by atoms with Crippen LogP contribution in [0.1, 0.15) is 29.2 Å². The smallest absolute Gasteiger partial charge is 0.216 e. The van der Waals surface area contributed by atoms with E-state index in [-0.39, 0.29) is 0 Å². The molecule has 1 aromatic rings. The molecule has 2 rings (SSSR count). The number of rotatable bonds is 1. The van der Waals surface area contributed by atoms with Crippen LogP contribution in [0.15, 0.2) is 18.2 Å². The first-order valence-electron chi connectivity index (χ1n) is 4.89. The third-order valence-corrected chi connectivity index (χ3v) is 4.17. The van der Waals surface area contributed by atoms with E-state index < -0.39 is 15.3 Å². The lowest BCUT2D eigenvalue weighted by molar-refractivity contribution is 0.562. The van der Waals surface area contributed by atoms with E-state index >= 15 is 0 Å². The maximum absolute atomic E-state index is 11.4. The third-order valence-electron chi connectivity index (χ3n) is 2.89. The van der Waals surface area contributed by atoms with Crippen molar-refractivity contribution in [1.29, 1.82) is 0 Å². The topological polar surface area (TPSA) is 86.2 Å². The van der Waals surface area contributed by atoms with Gasteiger partial charge in [-0.05, 0) is 36.5 Å². The normalized spacial score (nSPS) is 21.0. The van der Waals surface area contributed by atoms with Crippen molar-refractivity contribution in [2.24, 2.45) is 5.14 Å². The Morgan fingerprint density at radius 1 is 1.33 bits per heavy atom. The standard InChI is InChI=1S/C10H14N2O2S/c11-9-5-1-4-8-7(9)3-2-6-10(8)15(12,13)14/h1,4-5,10H,2-3,6,11H2,(H2,12,13,14). The summed E-state index contributed by atoms with van der Waals surface area (Å²) in [5, 5.41) is 4.63. The molecule has 0 fully saturated rings. The highest BCUT2D eigenvalue weighted by molar-refractivity contribution is 7.89. The molecule has 82 valence electrons. The SMILES string of the molecule is Nc1cccc2c1CCCC2S(N)(=O)=O. The third kappa shape index (κ3) is 1.85. The summed E-state index contributed by atoms with van der Waals surface area (Å²) in [5.74, 6) is 0. The monoisotopic (exact) mass is 226 g/mol. The lowest BCUT2D eigenvalue weighted by atomic mass is 9.90. The van der Waals surface area contributed by atoms with Crippen molar-refractivity contribution < 1.29 is 8.42 Å². The lowest BCUT2D eigenvalue weighted by Crippen LogP contribution is -2.25. The molecule has 1 aliphatic carbocycles. The number of nitrogens with two attached hydrogens (primary N) is 2. The number of sulfonamides is 1. The number of hydrogen-bond acceptors (Lipinski definition) is 3. The van der Waals surface area contributed by atoms with Crippen LogP contribution < -0.4 is 10.9 Å². The zero-order chi connectivity index (χ0) is 11.1. The van der Waals surface area contributed by atoms with E-state index in [1.54, 1.807) is 18.2 Å². The number of nitrogen functional groups attached to an aromatic ring is 1. The Labute approximate surface area is 89.3 Å². The lowest BCUT2D eigenvalue weighted by Gasteiger charge is -2.24. The number of primary sulfonamides is 1. The number of benzene rings is 1. The van der Waals surface area contributed by atoms with Gasteiger partial charge in [0.15, 0.2) is 0 Å². The maximum Gasteiger partial charge on any atom is 0.216 e. The van der Waals surface area contributed by atoms with E-state index in [1.165, 1.54) is 0 Å². The number of hydrogen-bond donors (Lipinski definition) is 2. The van der Waals surface area contributed by atoms with Gasteiger partial charge in [0.2, 0.25) is 10.0 Å². The molecule has 4 N–H and O–H groups in total. The predicted molar refractivity (Wildman–Crippen MR) is 59.6 cm³/mol. The molecular weight excluding hydrogens is 212 g/mol. The molecule has 4 nitrogen and oxygen atoms in total. The molecule has 5 heteroatoms. The minimum atomic E-state index is -3.51. The van der Waals surface area contributed by atoms with E-state index in [0.717, 1.165) is 24.0 Å². The summed E-state index contributed by atoms with van der Waals surface area (Å²) in [6.45, 7) is 0. The molecule has 0 bridgehead atoms. The van der Waals surface area contributed by atoms with Gasteiger partial charge >= 0.3 is 0 Å². The molecule has 0 aliphatic heterocycles. The van der Waals surface area contributed by atoms with Crippen LogP contribution in [-0.2, 0) is 16.4 Å². The Morgan fingerprint density at radius 3 is 2.73 bits per heavy atom. The van der Waals surface area contributed by atoms with Gasteiger partial charge in [-0.1, -0.05) is 12.1 Å². The van der Waals surface area contributed by atoms with E-state index in [2.05, 4.69) is 0 Å². The quantitative estimate of drug-likeness (QED) is 0.698. The van der Waals surface area contributed by atoms with Crippen LogP contribution in [0.25, 0.3) is 0 Å². The highest BCUT2D eigenvalue weighted by Crippen LogP contribution is 2.36. The van der Waals surface area contributed by atoms with Gasteiger partial charge < -0.3 is 5.73 Å². The Bertz CT molecular complexity index is 482. The fourth-order valence-electron chi connectivity index (χ4n) is 2.17. The molecule has 1 aliphatic rings. The molecule has 0 saturated carbocycles. The zero-order valence-corrected chi connectivity index (χ0v) is 9.13. The van der Waals surface area contributed by atoms with Gasteiger partial charge in [-0.3, -0.25) is 0 Å². The highest BCUT2D eigenvalue weighted by atomic mass is 32.2. The number of anilines is 1. The molecule has 15 heavy (non-hydrogen) atoms. The van der Waals surface area contributed by atoms with E-state index in [1.807, 2.05) is 0 Å². The van der Waals surface area contributed by atoms with Crippen molar-refractivity contribution in [2.45, 2.75) is 24.5 Å².